The lowest BCUT2D eigenvalue weighted by Crippen LogP contribution is -2.40. The predicted octanol–water partition coefficient (Wildman–Crippen LogP) is 1.61. The summed E-state index contributed by atoms with van der Waals surface area (Å²) in [4.78, 5) is 10.3. The first-order valence-electron chi connectivity index (χ1n) is 5.88. The van der Waals surface area contributed by atoms with E-state index in [0.717, 1.165) is 13.1 Å². The third kappa shape index (κ3) is 2.98. The van der Waals surface area contributed by atoms with Gasteiger partial charge in [-0.05, 0) is 26.4 Å². The molecule has 2 rings (SSSR count). The normalized spacial score (nSPS) is 21.4. The number of nitrogens with two attached hydrogens (primary N) is 1. The van der Waals surface area contributed by atoms with E-state index in [2.05, 4.69) is 27.2 Å². The molecule has 1 unspecified atom stereocenters. The second-order valence-electron chi connectivity index (χ2n) is 4.43. The first-order valence-corrected chi connectivity index (χ1v) is 6.26. The van der Waals surface area contributed by atoms with E-state index in [0.29, 0.717) is 22.7 Å². The minimum atomic E-state index is 0.321. The van der Waals surface area contributed by atoms with E-state index in [1.165, 1.54) is 25.6 Å². The van der Waals surface area contributed by atoms with Crippen LogP contribution in [0.15, 0.2) is 6.33 Å². The van der Waals surface area contributed by atoms with Crippen LogP contribution in [0.5, 0.6) is 0 Å². The minimum Gasteiger partial charge on any atom is -0.382 e. The van der Waals surface area contributed by atoms with Gasteiger partial charge in [0.15, 0.2) is 5.82 Å². The highest BCUT2D eigenvalue weighted by molar-refractivity contribution is 6.35. The van der Waals surface area contributed by atoms with Gasteiger partial charge in [0.1, 0.15) is 17.2 Å². The van der Waals surface area contributed by atoms with Gasteiger partial charge in [-0.25, -0.2) is 9.97 Å². The Morgan fingerprint density at radius 1 is 1.53 bits per heavy atom. The van der Waals surface area contributed by atoms with Crippen molar-refractivity contribution in [3.63, 3.8) is 0 Å². The first-order chi connectivity index (χ1) is 8.18. The molecule has 0 saturated carbocycles. The number of likely N-dealkylation sites (tertiary alicyclic amines) is 1. The van der Waals surface area contributed by atoms with Crippen LogP contribution in [0, 0.1) is 0 Å². The molecule has 94 valence electrons. The molecule has 5 nitrogen and oxygen atoms in total. The molecule has 1 fully saturated rings. The molecular formula is C11H18ClN5. The highest BCUT2D eigenvalue weighted by Crippen LogP contribution is 2.24. The highest BCUT2D eigenvalue weighted by atomic mass is 35.5. The second-order valence-corrected chi connectivity index (χ2v) is 4.81. The van der Waals surface area contributed by atoms with Crippen LogP contribution >= 0.6 is 11.6 Å². The number of anilines is 2. The first kappa shape index (κ1) is 12.4. The molecule has 0 amide bonds. The maximum Gasteiger partial charge on any atom is 0.150 e. The molecule has 1 atom stereocenters. The molecule has 1 saturated heterocycles. The Morgan fingerprint density at radius 2 is 2.35 bits per heavy atom. The number of piperidine rings is 1. The number of likely N-dealkylation sites (N-methyl/N-ethyl adjacent to an activating group) is 1. The maximum absolute atomic E-state index is 6.02. The topological polar surface area (TPSA) is 67.1 Å². The van der Waals surface area contributed by atoms with Crippen molar-refractivity contribution >= 4 is 23.2 Å². The van der Waals surface area contributed by atoms with Crippen LogP contribution in [0.4, 0.5) is 11.6 Å². The summed E-state index contributed by atoms with van der Waals surface area (Å²) in [5.41, 5.74) is 5.62. The molecule has 17 heavy (non-hydrogen) atoms. The molecule has 1 aromatic heterocycles. The van der Waals surface area contributed by atoms with Gasteiger partial charge in [0, 0.05) is 12.6 Å². The van der Waals surface area contributed by atoms with Crippen molar-refractivity contribution in [3.8, 4) is 0 Å². The summed E-state index contributed by atoms with van der Waals surface area (Å²) < 4.78 is 0. The van der Waals surface area contributed by atoms with E-state index in [-0.39, 0.29) is 0 Å². The van der Waals surface area contributed by atoms with Crippen molar-refractivity contribution in [3.05, 3.63) is 11.3 Å². The van der Waals surface area contributed by atoms with Crippen LogP contribution in [-0.2, 0) is 0 Å². The lowest BCUT2D eigenvalue weighted by molar-refractivity contribution is 0.194. The third-order valence-corrected chi connectivity index (χ3v) is 3.62. The van der Waals surface area contributed by atoms with E-state index in [4.69, 9.17) is 17.3 Å². The van der Waals surface area contributed by atoms with Crippen molar-refractivity contribution in [2.24, 2.45) is 0 Å². The zero-order valence-corrected chi connectivity index (χ0v) is 10.7. The Kier molecular flexibility index (Phi) is 4.02. The number of halogens is 1. The maximum atomic E-state index is 6.02. The van der Waals surface area contributed by atoms with Gasteiger partial charge >= 0.3 is 0 Å². The van der Waals surface area contributed by atoms with Crippen molar-refractivity contribution in [2.45, 2.75) is 25.3 Å². The number of hydrogen-bond acceptors (Lipinski definition) is 5. The summed E-state index contributed by atoms with van der Waals surface area (Å²) in [6.45, 7) is 2.00. The van der Waals surface area contributed by atoms with Gasteiger partial charge in [0.25, 0.3) is 0 Å². The van der Waals surface area contributed by atoms with Crippen LogP contribution in [0.1, 0.15) is 19.3 Å². The number of nitrogen functional groups attached to an aromatic ring is 1. The van der Waals surface area contributed by atoms with Gasteiger partial charge in [0.2, 0.25) is 0 Å². The summed E-state index contributed by atoms with van der Waals surface area (Å²) in [7, 11) is 2.15. The number of hydrogen-bond donors (Lipinski definition) is 2. The molecule has 1 aliphatic heterocycles. The standard InChI is InChI=1S/C11H18ClN5/c1-17-5-3-2-4-8(17)6-14-11-9(12)10(13)15-7-16-11/h7-8H,2-6H2,1H3,(H3,13,14,15,16). The fourth-order valence-corrected chi connectivity index (χ4v) is 2.29. The lowest BCUT2D eigenvalue weighted by atomic mass is 10.0. The second kappa shape index (κ2) is 5.51. The molecule has 6 heteroatoms. The van der Waals surface area contributed by atoms with Crippen LogP contribution in [0.25, 0.3) is 0 Å². The molecule has 0 aromatic carbocycles. The Hall–Kier alpha value is -1.07. The van der Waals surface area contributed by atoms with E-state index in [1.54, 1.807) is 0 Å². The minimum absolute atomic E-state index is 0.321. The number of aromatic nitrogens is 2. The number of nitrogens with zero attached hydrogens (tertiary/aromatic N) is 3. The van der Waals surface area contributed by atoms with E-state index in [9.17, 15) is 0 Å². The monoisotopic (exact) mass is 255 g/mol. The van der Waals surface area contributed by atoms with Crippen molar-refractivity contribution < 1.29 is 0 Å². The summed E-state index contributed by atoms with van der Waals surface area (Å²) in [5, 5.41) is 3.66. The zero-order valence-electron chi connectivity index (χ0n) is 9.99. The Balaban J connectivity index is 1.95. The van der Waals surface area contributed by atoms with Gasteiger partial charge < -0.3 is 16.0 Å². The Bertz CT molecular complexity index is 384. The summed E-state index contributed by atoms with van der Waals surface area (Å²) in [6, 6.07) is 0.538. The van der Waals surface area contributed by atoms with E-state index >= 15 is 0 Å². The van der Waals surface area contributed by atoms with Gasteiger partial charge in [0.05, 0.1) is 0 Å². The zero-order chi connectivity index (χ0) is 12.3. The van der Waals surface area contributed by atoms with Crippen molar-refractivity contribution in [2.75, 3.05) is 31.2 Å². The van der Waals surface area contributed by atoms with Crippen molar-refractivity contribution in [1.82, 2.24) is 14.9 Å². The van der Waals surface area contributed by atoms with Crippen molar-refractivity contribution in [1.29, 1.82) is 0 Å². The molecule has 0 radical (unpaired) electrons. The summed E-state index contributed by atoms with van der Waals surface area (Å²) >= 11 is 6.02. The molecule has 0 spiro atoms. The summed E-state index contributed by atoms with van der Waals surface area (Å²) in [6.07, 6.45) is 5.21. The van der Waals surface area contributed by atoms with Gasteiger partial charge in [-0.15, -0.1) is 0 Å². The van der Waals surface area contributed by atoms with Gasteiger partial charge in [-0.2, -0.15) is 0 Å². The summed E-state index contributed by atoms with van der Waals surface area (Å²) in [5.74, 6) is 0.944. The molecule has 2 heterocycles. The third-order valence-electron chi connectivity index (χ3n) is 3.24. The van der Waals surface area contributed by atoms with Gasteiger partial charge in [-0.3, -0.25) is 0 Å². The van der Waals surface area contributed by atoms with Crippen LogP contribution in [-0.4, -0.2) is 41.0 Å². The van der Waals surface area contributed by atoms with E-state index in [1.807, 2.05) is 0 Å². The fourth-order valence-electron chi connectivity index (χ4n) is 2.12. The lowest BCUT2D eigenvalue weighted by Gasteiger charge is -2.32. The molecule has 3 N–H and O–H groups in total. The van der Waals surface area contributed by atoms with E-state index < -0.39 is 0 Å². The average molecular weight is 256 g/mol. The smallest absolute Gasteiger partial charge is 0.150 e. The largest absolute Gasteiger partial charge is 0.382 e. The van der Waals surface area contributed by atoms with Crippen LogP contribution in [0.2, 0.25) is 5.02 Å². The average Bonchev–Trinajstić information content (AvgIpc) is 2.33. The molecular weight excluding hydrogens is 238 g/mol. The highest BCUT2D eigenvalue weighted by Gasteiger charge is 2.19. The Morgan fingerprint density at radius 3 is 3.12 bits per heavy atom. The fraction of sp³-hybridized carbons (Fsp3) is 0.636. The number of nitrogens with one attached hydrogen (secondary N) is 1. The molecule has 0 bridgehead atoms. The van der Waals surface area contributed by atoms with Crippen LogP contribution < -0.4 is 11.1 Å². The SMILES string of the molecule is CN1CCCCC1CNc1ncnc(N)c1Cl. The Labute approximate surface area is 106 Å². The van der Waals surface area contributed by atoms with Crippen LogP contribution in [0.3, 0.4) is 0 Å². The molecule has 0 aliphatic carbocycles. The van der Waals surface area contributed by atoms with Gasteiger partial charge in [-0.1, -0.05) is 18.0 Å². The predicted molar refractivity (Wildman–Crippen MR) is 70.2 cm³/mol. The molecule has 1 aromatic rings. The number of rotatable bonds is 3. The molecule has 1 aliphatic rings. The quantitative estimate of drug-likeness (QED) is 0.859.